The first-order valence-corrected chi connectivity index (χ1v) is 9.15. The first kappa shape index (κ1) is 19.8. The Morgan fingerprint density at radius 3 is 2.64 bits per heavy atom. The lowest BCUT2D eigenvalue weighted by Gasteiger charge is -2.22. The van der Waals surface area contributed by atoms with Crippen LogP contribution in [0.15, 0.2) is 28.8 Å². The van der Waals surface area contributed by atoms with E-state index in [4.69, 9.17) is 20.9 Å². The van der Waals surface area contributed by atoms with Crippen LogP contribution in [0, 0.1) is 0 Å². The Morgan fingerprint density at radius 1 is 1.29 bits per heavy atom. The van der Waals surface area contributed by atoms with Crippen LogP contribution in [0.5, 0.6) is 0 Å². The lowest BCUT2D eigenvalue weighted by atomic mass is 9.93. The first-order valence-electron chi connectivity index (χ1n) is 8.77. The number of hydrogen-bond acceptors (Lipinski definition) is 7. The van der Waals surface area contributed by atoms with Gasteiger partial charge in [0.1, 0.15) is 12.1 Å². The van der Waals surface area contributed by atoms with Crippen LogP contribution >= 0.6 is 11.6 Å². The fourth-order valence-corrected chi connectivity index (χ4v) is 3.15. The minimum absolute atomic E-state index is 0.0666. The highest BCUT2D eigenvalue weighted by atomic mass is 35.5. The molecule has 2 heterocycles. The summed E-state index contributed by atoms with van der Waals surface area (Å²) in [5.74, 6) is -0.861. The Labute approximate surface area is 166 Å². The second kappa shape index (κ2) is 7.97. The van der Waals surface area contributed by atoms with E-state index in [0.717, 1.165) is 4.90 Å². The summed E-state index contributed by atoms with van der Waals surface area (Å²) < 4.78 is 10.1. The maximum atomic E-state index is 12.5. The van der Waals surface area contributed by atoms with E-state index in [1.54, 1.807) is 38.1 Å². The number of ether oxygens (including phenoxy) is 1. The van der Waals surface area contributed by atoms with Crippen molar-refractivity contribution in [2.75, 3.05) is 6.54 Å². The molecule has 148 valence electrons. The van der Waals surface area contributed by atoms with Crippen LogP contribution in [0.1, 0.15) is 32.6 Å². The zero-order valence-corrected chi connectivity index (χ0v) is 16.2. The van der Waals surface area contributed by atoms with Crippen LogP contribution in [0.2, 0.25) is 5.02 Å². The van der Waals surface area contributed by atoms with Gasteiger partial charge >= 0.3 is 12.0 Å². The molecule has 1 fully saturated rings. The van der Waals surface area contributed by atoms with Gasteiger partial charge in [-0.3, -0.25) is 14.5 Å². The van der Waals surface area contributed by atoms with Gasteiger partial charge in [0.25, 0.3) is 11.8 Å². The van der Waals surface area contributed by atoms with Gasteiger partial charge in [-0.2, -0.15) is 4.98 Å². The van der Waals surface area contributed by atoms with E-state index in [1.165, 1.54) is 0 Å². The third-order valence-electron chi connectivity index (χ3n) is 4.68. The van der Waals surface area contributed by atoms with Crippen molar-refractivity contribution in [2.45, 2.75) is 38.8 Å². The molecule has 1 aromatic heterocycles. The lowest BCUT2D eigenvalue weighted by molar-refractivity contribution is -0.149. The van der Waals surface area contributed by atoms with Gasteiger partial charge in [-0.15, -0.1) is 0 Å². The number of halogens is 1. The molecule has 3 rings (SSSR count). The van der Waals surface area contributed by atoms with Gasteiger partial charge in [-0.1, -0.05) is 42.7 Å². The van der Waals surface area contributed by atoms with E-state index in [1.807, 2.05) is 0 Å². The SMILES string of the molecule is CCC1(CC)NC(=O)N(CC(=O)OCc2nc(-c3ccccc3Cl)no2)C1=O. The predicted octanol–water partition coefficient (Wildman–Crippen LogP) is 2.54. The number of rotatable bonds is 7. The summed E-state index contributed by atoms with van der Waals surface area (Å²) in [5, 5.41) is 6.91. The summed E-state index contributed by atoms with van der Waals surface area (Å²) in [4.78, 5) is 41.6. The van der Waals surface area contributed by atoms with Crippen molar-refractivity contribution in [1.82, 2.24) is 20.4 Å². The van der Waals surface area contributed by atoms with Crippen molar-refractivity contribution in [1.29, 1.82) is 0 Å². The number of nitrogens with one attached hydrogen (secondary N) is 1. The van der Waals surface area contributed by atoms with Gasteiger partial charge in [-0.25, -0.2) is 4.79 Å². The van der Waals surface area contributed by atoms with Gasteiger partial charge < -0.3 is 14.6 Å². The zero-order valence-electron chi connectivity index (χ0n) is 15.4. The Balaban J connectivity index is 1.59. The summed E-state index contributed by atoms with van der Waals surface area (Å²) >= 11 is 6.08. The smallest absolute Gasteiger partial charge is 0.326 e. The Hall–Kier alpha value is -2.94. The fraction of sp³-hybridized carbons (Fsp3) is 0.389. The predicted molar refractivity (Wildman–Crippen MR) is 98.1 cm³/mol. The van der Waals surface area contributed by atoms with Crippen LogP contribution in [-0.2, 0) is 20.9 Å². The van der Waals surface area contributed by atoms with E-state index >= 15 is 0 Å². The number of esters is 1. The van der Waals surface area contributed by atoms with Crippen molar-refractivity contribution >= 4 is 29.5 Å². The van der Waals surface area contributed by atoms with E-state index in [0.29, 0.717) is 23.4 Å². The average Bonchev–Trinajstić information content (AvgIpc) is 3.25. The molecule has 3 amide bonds. The molecule has 0 atom stereocenters. The second-order valence-electron chi connectivity index (χ2n) is 6.26. The molecule has 2 aromatic rings. The molecule has 0 aliphatic carbocycles. The molecular weight excluding hydrogens is 388 g/mol. The number of aromatic nitrogens is 2. The molecule has 0 bridgehead atoms. The van der Waals surface area contributed by atoms with Crippen molar-refractivity contribution in [3.8, 4) is 11.4 Å². The van der Waals surface area contributed by atoms with Gasteiger partial charge in [-0.05, 0) is 25.0 Å². The quantitative estimate of drug-likeness (QED) is 0.555. The highest BCUT2D eigenvalue weighted by Gasteiger charge is 2.49. The van der Waals surface area contributed by atoms with Crippen molar-refractivity contribution in [2.24, 2.45) is 0 Å². The first-order chi connectivity index (χ1) is 13.4. The molecule has 0 spiro atoms. The number of carbonyl (C=O) groups excluding carboxylic acids is 3. The molecule has 1 saturated heterocycles. The Bertz CT molecular complexity index is 909. The van der Waals surface area contributed by atoms with Crippen LogP contribution in [-0.4, -0.2) is 45.0 Å². The van der Waals surface area contributed by atoms with E-state index in [9.17, 15) is 14.4 Å². The highest BCUT2D eigenvalue weighted by molar-refractivity contribution is 6.33. The summed E-state index contributed by atoms with van der Waals surface area (Å²) in [6.07, 6.45) is 0.874. The minimum atomic E-state index is -0.965. The molecule has 0 radical (unpaired) electrons. The topological polar surface area (TPSA) is 115 Å². The largest absolute Gasteiger partial charge is 0.454 e. The summed E-state index contributed by atoms with van der Waals surface area (Å²) in [6.45, 7) is 2.83. The minimum Gasteiger partial charge on any atom is -0.454 e. The number of nitrogens with zero attached hydrogens (tertiary/aromatic N) is 3. The van der Waals surface area contributed by atoms with E-state index in [2.05, 4.69) is 15.5 Å². The molecule has 1 aliphatic rings. The number of amides is 3. The molecule has 0 unspecified atom stereocenters. The maximum absolute atomic E-state index is 12.5. The van der Waals surface area contributed by atoms with E-state index in [-0.39, 0.29) is 18.3 Å². The third-order valence-corrected chi connectivity index (χ3v) is 5.01. The van der Waals surface area contributed by atoms with Crippen molar-refractivity contribution in [3.05, 3.63) is 35.2 Å². The second-order valence-corrected chi connectivity index (χ2v) is 6.67. The Morgan fingerprint density at radius 2 is 2.00 bits per heavy atom. The van der Waals surface area contributed by atoms with Gasteiger partial charge in [0.2, 0.25) is 5.82 Å². The molecule has 1 aliphatic heterocycles. The van der Waals surface area contributed by atoms with Crippen molar-refractivity contribution < 1.29 is 23.6 Å². The molecule has 9 nitrogen and oxygen atoms in total. The van der Waals surface area contributed by atoms with E-state index < -0.39 is 30.0 Å². The highest BCUT2D eigenvalue weighted by Crippen LogP contribution is 2.26. The fourth-order valence-electron chi connectivity index (χ4n) is 2.93. The standard InChI is InChI=1S/C18H19ClN4O5/c1-3-18(4-2)16(25)23(17(26)21-18)9-14(24)27-10-13-20-15(22-28-13)11-7-5-6-8-12(11)19/h5-8H,3-4,9-10H2,1-2H3,(H,21,26). The maximum Gasteiger partial charge on any atom is 0.326 e. The zero-order chi connectivity index (χ0) is 20.3. The normalized spacial score (nSPS) is 15.6. The monoisotopic (exact) mass is 406 g/mol. The van der Waals surface area contributed by atoms with Crippen LogP contribution in [0.25, 0.3) is 11.4 Å². The molecule has 28 heavy (non-hydrogen) atoms. The van der Waals surface area contributed by atoms with Crippen LogP contribution in [0.4, 0.5) is 4.79 Å². The average molecular weight is 407 g/mol. The summed E-state index contributed by atoms with van der Waals surface area (Å²) in [5.41, 5.74) is -0.381. The number of carbonyl (C=O) groups is 3. The molecule has 0 saturated carbocycles. The Kier molecular flexibility index (Phi) is 5.64. The third kappa shape index (κ3) is 3.70. The van der Waals surface area contributed by atoms with Crippen molar-refractivity contribution in [3.63, 3.8) is 0 Å². The molecule has 10 heteroatoms. The molecule has 1 N–H and O–H groups in total. The summed E-state index contributed by atoms with van der Waals surface area (Å²) in [6, 6.07) is 6.37. The molecule has 1 aromatic carbocycles. The van der Waals surface area contributed by atoms with Crippen LogP contribution < -0.4 is 5.32 Å². The number of hydrogen-bond donors (Lipinski definition) is 1. The number of urea groups is 1. The van der Waals surface area contributed by atoms with Gasteiger partial charge in [0, 0.05) is 5.56 Å². The van der Waals surface area contributed by atoms with Gasteiger partial charge in [0.15, 0.2) is 6.61 Å². The molecular formula is C18H19ClN4O5. The van der Waals surface area contributed by atoms with Gasteiger partial charge in [0.05, 0.1) is 5.02 Å². The number of benzene rings is 1. The summed E-state index contributed by atoms with van der Waals surface area (Å²) in [7, 11) is 0. The van der Waals surface area contributed by atoms with Crippen LogP contribution in [0.3, 0.4) is 0 Å². The lowest BCUT2D eigenvalue weighted by Crippen LogP contribution is -2.46. The number of imide groups is 1.